The molecule has 1 atom stereocenters. The number of hydrogen-bond donors (Lipinski definition) is 1. The van der Waals surface area contributed by atoms with Crippen molar-refractivity contribution in [2.24, 2.45) is 5.73 Å². The molecule has 2 aliphatic heterocycles. The SMILES string of the molecule is NC1CCN(Cc2ccccc2OCCN2CCOCC2)C1. The molecule has 0 amide bonds. The Morgan fingerprint density at radius 1 is 1.14 bits per heavy atom. The highest BCUT2D eigenvalue weighted by Crippen LogP contribution is 2.21. The Balaban J connectivity index is 1.50. The molecule has 2 heterocycles. The van der Waals surface area contributed by atoms with E-state index in [0.717, 1.165) is 71.3 Å². The summed E-state index contributed by atoms with van der Waals surface area (Å²) in [6, 6.07) is 8.69. The first-order chi connectivity index (χ1) is 10.8. The molecular formula is C17H27N3O2. The number of nitrogens with zero attached hydrogens (tertiary/aromatic N) is 2. The van der Waals surface area contributed by atoms with Crippen LogP contribution in [0, 0.1) is 0 Å². The minimum absolute atomic E-state index is 0.328. The van der Waals surface area contributed by atoms with Crippen molar-refractivity contribution in [3.05, 3.63) is 29.8 Å². The molecule has 2 aliphatic rings. The third kappa shape index (κ3) is 4.43. The third-order valence-electron chi connectivity index (χ3n) is 4.44. The molecule has 2 saturated heterocycles. The predicted octanol–water partition coefficient (Wildman–Crippen LogP) is 0.931. The molecule has 0 bridgehead atoms. The van der Waals surface area contributed by atoms with E-state index in [1.807, 2.05) is 6.07 Å². The van der Waals surface area contributed by atoms with Crippen molar-refractivity contribution in [2.75, 3.05) is 52.5 Å². The maximum atomic E-state index is 6.04. The zero-order chi connectivity index (χ0) is 15.2. The van der Waals surface area contributed by atoms with Crippen molar-refractivity contribution in [1.29, 1.82) is 0 Å². The zero-order valence-electron chi connectivity index (χ0n) is 13.2. The Morgan fingerprint density at radius 3 is 2.73 bits per heavy atom. The smallest absolute Gasteiger partial charge is 0.123 e. The topological polar surface area (TPSA) is 51.0 Å². The minimum atomic E-state index is 0.328. The molecule has 3 rings (SSSR count). The van der Waals surface area contributed by atoms with Crippen LogP contribution < -0.4 is 10.5 Å². The molecule has 22 heavy (non-hydrogen) atoms. The summed E-state index contributed by atoms with van der Waals surface area (Å²) in [7, 11) is 0. The highest BCUT2D eigenvalue weighted by atomic mass is 16.5. The van der Waals surface area contributed by atoms with E-state index in [1.54, 1.807) is 0 Å². The Labute approximate surface area is 133 Å². The number of hydrogen-bond acceptors (Lipinski definition) is 5. The van der Waals surface area contributed by atoms with Gasteiger partial charge in [0.25, 0.3) is 0 Å². The number of morpholine rings is 1. The van der Waals surface area contributed by atoms with Gasteiger partial charge in [0.15, 0.2) is 0 Å². The lowest BCUT2D eigenvalue weighted by molar-refractivity contribution is 0.0321. The summed E-state index contributed by atoms with van der Waals surface area (Å²) >= 11 is 0. The van der Waals surface area contributed by atoms with E-state index < -0.39 is 0 Å². The molecule has 2 N–H and O–H groups in total. The van der Waals surface area contributed by atoms with Crippen LogP contribution in [0.2, 0.25) is 0 Å². The highest BCUT2D eigenvalue weighted by Gasteiger charge is 2.20. The van der Waals surface area contributed by atoms with Gasteiger partial charge in [-0.1, -0.05) is 18.2 Å². The van der Waals surface area contributed by atoms with Crippen LogP contribution in [0.25, 0.3) is 0 Å². The predicted molar refractivity (Wildman–Crippen MR) is 87.1 cm³/mol. The molecule has 0 radical (unpaired) electrons. The van der Waals surface area contributed by atoms with Crippen LogP contribution in [-0.4, -0.2) is 68.4 Å². The van der Waals surface area contributed by atoms with Crippen molar-refractivity contribution in [3.8, 4) is 5.75 Å². The fourth-order valence-electron chi connectivity index (χ4n) is 3.13. The molecule has 0 aliphatic carbocycles. The van der Waals surface area contributed by atoms with Crippen LogP contribution in [-0.2, 0) is 11.3 Å². The van der Waals surface area contributed by atoms with Crippen molar-refractivity contribution >= 4 is 0 Å². The molecule has 1 aromatic carbocycles. The first kappa shape index (κ1) is 15.7. The lowest BCUT2D eigenvalue weighted by Crippen LogP contribution is -2.38. The van der Waals surface area contributed by atoms with Gasteiger partial charge in [0.05, 0.1) is 13.2 Å². The average Bonchev–Trinajstić information content (AvgIpc) is 2.95. The summed E-state index contributed by atoms with van der Waals surface area (Å²) in [6.45, 7) is 8.40. The number of nitrogens with two attached hydrogens (primary N) is 1. The summed E-state index contributed by atoms with van der Waals surface area (Å²) in [5.74, 6) is 1.01. The van der Waals surface area contributed by atoms with E-state index in [4.69, 9.17) is 15.2 Å². The quantitative estimate of drug-likeness (QED) is 0.847. The number of benzene rings is 1. The van der Waals surface area contributed by atoms with Gasteiger partial charge >= 0.3 is 0 Å². The van der Waals surface area contributed by atoms with Gasteiger partial charge in [0.2, 0.25) is 0 Å². The second kappa shape index (κ2) is 7.92. The maximum Gasteiger partial charge on any atom is 0.123 e. The van der Waals surface area contributed by atoms with Crippen LogP contribution in [0.4, 0.5) is 0 Å². The van der Waals surface area contributed by atoms with E-state index in [2.05, 4.69) is 28.0 Å². The maximum absolute atomic E-state index is 6.04. The van der Waals surface area contributed by atoms with Crippen LogP contribution in [0.3, 0.4) is 0 Å². The zero-order valence-corrected chi connectivity index (χ0v) is 13.2. The number of para-hydroxylation sites is 1. The molecule has 2 fully saturated rings. The summed E-state index contributed by atoms with van der Waals surface area (Å²) < 4.78 is 11.4. The summed E-state index contributed by atoms with van der Waals surface area (Å²) in [6.07, 6.45) is 1.10. The van der Waals surface area contributed by atoms with E-state index in [0.29, 0.717) is 6.04 Å². The van der Waals surface area contributed by atoms with Gasteiger partial charge in [-0.2, -0.15) is 0 Å². The number of rotatable bonds is 6. The van der Waals surface area contributed by atoms with Crippen molar-refractivity contribution in [3.63, 3.8) is 0 Å². The molecule has 5 nitrogen and oxygen atoms in total. The lowest BCUT2D eigenvalue weighted by Gasteiger charge is -2.26. The Hall–Kier alpha value is -1.14. The van der Waals surface area contributed by atoms with Gasteiger partial charge in [0, 0.05) is 50.9 Å². The molecule has 122 valence electrons. The van der Waals surface area contributed by atoms with E-state index >= 15 is 0 Å². The average molecular weight is 305 g/mol. The molecular weight excluding hydrogens is 278 g/mol. The highest BCUT2D eigenvalue weighted by molar-refractivity contribution is 5.33. The van der Waals surface area contributed by atoms with Crippen molar-refractivity contribution < 1.29 is 9.47 Å². The fraction of sp³-hybridized carbons (Fsp3) is 0.647. The second-order valence-corrected chi connectivity index (χ2v) is 6.19. The van der Waals surface area contributed by atoms with E-state index in [-0.39, 0.29) is 0 Å². The van der Waals surface area contributed by atoms with Gasteiger partial charge in [-0.3, -0.25) is 9.80 Å². The monoisotopic (exact) mass is 305 g/mol. The fourth-order valence-corrected chi connectivity index (χ4v) is 3.13. The minimum Gasteiger partial charge on any atom is -0.492 e. The van der Waals surface area contributed by atoms with E-state index in [1.165, 1.54) is 5.56 Å². The van der Waals surface area contributed by atoms with Gasteiger partial charge in [-0.05, 0) is 12.5 Å². The first-order valence-corrected chi connectivity index (χ1v) is 8.30. The lowest BCUT2D eigenvalue weighted by atomic mass is 10.2. The largest absolute Gasteiger partial charge is 0.492 e. The third-order valence-corrected chi connectivity index (χ3v) is 4.44. The summed E-state index contributed by atoms with van der Waals surface area (Å²) in [5, 5.41) is 0. The molecule has 1 unspecified atom stereocenters. The van der Waals surface area contributed by atoms with Gasteiger partial charge in [-0.15, -0.1) is 0 Å². The number of likely N-dealkylation sites (tertiary alicyclic amines) is 1. The Bertz CT molecular complexity index is 463. The van der Waals surface area contributed by atoms with Crippen LogP contribution in [0.1, 0.15) is 12.0 Å². The molecule has 5 heteroatoms. The normalized spacial score (nSPS) is 23.8. The van der Waals surface area contributed by atoms with Gasteiger partial charge in [0.1, 0.15) is 12.4 Å². The number of ether oxygens (including phenoxy) is 2. The van der Waals surface area contributed by atoms with Crippen molar-refractivity contribution in [1.82, 2.24) is 9.80 Å². The van der Waals surface area contributed by atoms with Crippen molar-refractivity contribution in [2.45, 2.75) is 19.0 Å². The molecule has 1 aromatic rings. The summed E-state index contributed by atoms with van der Waals surface area (Å²) in [4.78, 5) is 4.81. The van der Waals surface area contributed by atoms with Crippen LogP contribution >= 0.6 is 0 Å². The molecule has 0 spiro atoms. The Morgan fingerprint density at radius 2 is 1.95 bits per heavy atom. The van der Waals surface area contributed by atoms with Crippen LogP contribution in [0.15, 0.2) is 24.3 Å². The second-order valence-electron chi connectivity index (χ2n) is 6.19. The summed E-state index contributed by atoms with van der Waals surface area (Å²) in [5.41, 5.74) is 7.25. The molecule has 0 aromatic heterocycles. The molecule has 0 saturated carbocycles. The van der Waals surface area contributed by atoms with Gasteiger partial charge < -0.3 is 15.2 Å². The Kier molecular flexibility index (Phi) is 5.67. The van der Waals surface area contributed by atoms with Crippen LogP contribution in [0.5, 0.6) is 5.75 Å². The van der Waals surface area contributed by atoms with Gasteiger partial charge in [-0.25, -0.2) is 0 Å². The first-order valence-electron chi connectivity index (χ1n) is 8.30. The standard InChI is InChI=1S/C17H27N3O2/c18-16-5-6-20(14-16)13-15-3-1-2-4-17(15)22-12-9-19-7-10-21-11-8-19/h1-4,16H,5-14,18H2. The van der Waals surface area contributed by atoms with E-state index in [9.17, 15) is 0 Å².